The molecule has 1 saturated heterocycles. The molecule has 6 nitrogen and oxygen atoms in total. The fourth-order valence-electron chi connectivity index (χ4n) is 2.51. The summed E-state index contributed by atoms with van der Waals surface area (Å²) in [6, 6.07) is 3.91. The van der Waals surface area contributed by atoms with Gasteiger partial charge in [0.2, 0.25) is 0 Å². The number of carbonyl (C=O) groups is 1. The first-order chi connectivity index (χ1) is 9.16. The van der Waals surface area contributed by atoms with Crippen molar-refractivity contribution in [2.75, 3.05) is 24.5 Å². The smallest absolute Gasteiger partial charge is 0.404 e. The summed E-state index contributed by atoms with van der Waals surface area (Å²) in [4.78, 5) is 16.8. The molecule has 0 radical (unpaired) electrons. The van der Waals surface area contributed by atoms with Crippen molar-refractivity contribution in [3.63, 3.8) is 0 Å². The molecule has 0 saturated carbocycles. The summed E-state index contributed by atoms with van der Waals surface area (Å²) in [5.41, 5.74) is 7.21. The van der Waals surface area contributed by atoms with Crippen LogP contribution in [0, 0.1) is 5.92 Å². The summed E-state index contributed by atoms with van der Waals surface area (Å²) in [7, 11) is 0. The second-order valence-corrected chi connectivity index (χ2v) is 4.88. The molecule has 1 unspecified atom stereocenters. The van der Waals surface area contributed by atoms with Gasteiger partial charge in [-0.2, -0.15) is 0 Å². The molecule has 1 aromatic heterocycles. The number of piperidine rings is 1. The molecule has 1 atom stereocenters. The Labute approximate surface area is 112 Å². The number of amides is 1. The average Bonchev–Trinajstić information content (AvgIpc) is 2.46. The standard InChI is InChI=1S/C13H20N4O2/c14-12(9-16-13(18)19)10-3-7-17(8-4-10)11-1-5-15-6-2-11/h1-2,5-6,10,12,16H,3-4,7-9,14H2,(H,18,19). The highest BCUT2D eigenvalue weighted by atomic mass is 16.4. The van der Waals surface area contributed by atoms with Crippen molar-refractivity contribution in [1.29, 1.82) is 0 Å². The number of hydrogen-bond acceptors (Lipinski definition) is 4. The zero-order valence-corrected chi connectivity index (χ0v) is 10.8. The molecular weight excluding hydrogens is 244 g/mol. The van der Waals surface area contributed by atoms with Gasteiger partial charge in [-0.3, -0.25) is 4.98 Å². The number of aromatic nitrogens is 1. The topological polar surface area (TPSA) is 91.5 Å². The Morgan fingerprint density at radius 2 is 2.11 bits per heavy atom. The molecule has 104 valence electrons. The van der Waals surface area contributed by atoms with Crippen LogP contribution in [0.25, 0.3) is 0 Å². The first-order valence-corrected chi connectivity index (χ1v) is 6.54. The van der Waals surface area contributed by atoms with Gasteiger partial charge < -0.3 is 21.1 Å². The van der Waals surface area contributed by atoms with E-state index in [4.69, 9.17) is 10.8 Å². The third kappa shape index (κ3) is 3.82. The van der Waals surface area contributed by atoms with Crippen molar-refractivity contribution in [2.24, 2.45) is 11.7 Å². The molecule has 1 aliphatic heterocycles. The quantitative estimate of drug-likeness (QED) is 0.751. The molecule has 0 spiro atoms. The van der Waals surface area contributed by atoms with E-state index in [-0.39, 0.29) is 6.04 Å². The second kappa shape index (κ2) is 6.38. The molecule has 4 N–H and O–H groups in total. The summed E-state index contributed by atoms with van der Waals surface area (Å²) in [6.45, 7) is 2.24. The summed E-state index contributed by atoms with van der Waals surface area (Å²) in [5, 5.41) is 10.9. The summed E-state index contributed by atoms with van der Waals surface area (Å²) in [6.07, 6.45) is 4.56. The van der Waals surface area contributed by atoms with E-state index in [1.807, 2.05) is 12.1 Å². The first kappa shape index (κ1) is 13.6. The van der Waals surface area contributed by atoms with Crippen LogP contribution in [0.5, 0.6) is 0 Å². The molecule has 0 aromatic carbocycles. The lowest BCUT2D eigenvalue weighted by molar-refractivity contribution is 0.191. The number of rotatable bonds is 4. The highest BCUT2D eigenvalue weighted by molar-refractivity contribution is 5.64. The summed E-state index contributed by atoms with van der Waals surface area (Å²) >= 11 is 0. The first-order valence-electron chi connectivity index (χ1n) is 6.54. The van der Waals surface area contributed by atoms with E-state index in [1.54, 1.807) is 12.4 Å². The van der Waals surface area contributed by atoms with E-state index in [0.29, 0.717) is 12.5 Å². The van der Waals surface area contributed by atoms with Gasteiger partial charge in [-0.05, 0) is 30.9 Å². The van der Waals surface area contributed by atoms with E-state index in [0.717, 1.165) is 25.9 Å². The van der Waals surface area contributed by atoms with Crippen LogP contribution in [-0.2, 0) is 0 Å². The van der Waals surface area contributed by atoms with Gasteiger partial charge in [0.25, 0.3) is 0 Å². The van der Waals surface area contributed by atoms with Crippen LogP contribution in [-0.4, -0.2) is 41.9 Å². The predicted octanol–water partition coefficient (Wildman–Crippen LogP) is 0.893. The highest BCUT2D eigenvalue weighted by Crippen LogP contribution is 2.23. The van der Waals surface area contributed by atoms with Crippen LogP contribution >= 0.6 is 0 Å². The molecule has 1 amide bonds. The van der Waals surface area contributed by atoms with Crippen molar-refractivity contribution in [3.8, 4) is 0 Å². The maximum absolute atomic E-state index is 10.4. The molecule has 6 heteroatoms. The lowest BCUT2D eigenvalue weighted by Gasteiger charge is -2.36. The van der Waals surface area contributed by atoms with E-state index >= 15 is 0 Å². The lowest BCUT2D eigenvalue weighted by Crippen LogP contribution is -2.46. The Balaban J connectivity index is 1.80. The van der Waals surface area contributed by atoms with Gasteiger partial charge in [-0.15, -0.1) is 0 Å². The molecule has 1 aliphatic rings. The van der Waals surface area contributed by atoms with Gasteiger partial charge in [0.05, 0.1) is 0 Å². The number of pyridine rings is 1. The van der Waals surface area contributed by atoms with E-state index in [2.05, 4.69) is 15.2 Å². The highest BCUT2D eigenvalue weighted by Gasteiger charge is 2.24. The maximum atomic E-state index is 10.4. The monoisotopic (exact) mass is 264 g/mol. The minimum atomic E-state index is -1.01. The maximum Gasteiger partial charge on any atom is 0.404 e. The SMILES string of the molecule is NC(CNC(=O)O)C1CCN(c2ccncc2)CC1. The van der Waals surface area contributed by atoms with Gasteiger partial charge in [-0.25, -0.2) is 4.79 Å². The minimum absolute atomic E-state index is 0.101. The van der Waals surface area contributed by atoms with Gasteiger partial charge in [0.15, 0.2) is 0 Å². The van der Waals surface area contributed by atoms with Crippen LogP contribution in [0.2, 0.25) is 0 Å². The van der Waals surface area contributed by atoms with Gasteiger partial charge in [0, 0.05) is 43.8 Å². The summed E-state index contributed by atoms with van der Waals surface area (Å²) < 4.78 is 0. The van der Waals surface area contributed by atoms with E-state index in [9.17, 15) is 4.79 Å². The van der Waals surface area contributed by atoms with Crippen LogP contribution in [0.15, 0.2) is 24.5 Å². The molecule has 1 aromatic rings. The van der Waals surface area contributed by atoms with Crippen molar-refractivity contribution < 1.29 is 9.90 Å². The van der Waals surface area contributed by atoms with Gasteiger partial charge in [-0.1, -0.05) is 0 Å². The largest absolute Gasteiger partial charge is 0.465 e. The third-order valence-electron chi connectivity index (χ3n) is 3.66. The van der Waals surface area contributed by atoms with Gasteiger partial charge in [0.1, 0.15) is 0 Å². The van der Waals surface area contributed by atoms with Crippen LogP contribution in [0.3, 0.4) is 0 Å². The van der Waals surface area contributed by atoms with Crippen molar-refractivity contribution in [2.45, 2.75) is 18.9 Å². The molecule has 0 bridgehead atoms. The van der Waals surface area contributed by atoms with Crippen molar-refractivity contribution in [3.05, 3.63) is 24.5 Å². The lowest BCUT2D eigenvalue weighted by atomic mass is 9.89. The second-order valence-electron chi connectivity index (χ2n) is 4.88. The molecule has 2 rings (SSSR count). The molecular formula is C13H20N4O2. The van der Waals surface area contributed by atoms with Crippen molar-refractivity contribution in [1.82, 2.24) is 10.3 Å². The zero-order chi connectivity index (χ0) is 13.7. The Morgan fingerprint density at radius 3 is 2.68 bits per heavy atom. The Hall–Kier alpha value is -1.82. The number of nitrogens with two attached hydrogens (primary N) is 1. The number of nitrogens with zero attached hydrogens (tertiary/aromatic N) is 2. The summed E-state index contributed by atoms with van der Waals surface area (Å²) in [5.74, 6) is 0.380. The number of carboxylic acid groups (broad SMARTS) is 1. The normalized spacial score (nSPS) is 18.1. The fourth-order valence-corrected chi connectivity index (χ4v) is 2.51. The molecule has 2 heterocycles. The van der Waals surface area contributed by atoms with Crippen LogP contribution < -0.4 is 16.0 Å². The van der Waals surface area contributed by atoms with Crippen LogP contribution in [0.1, 0.15) is 12.8 Å². The van der Waals surface area contributed by atoms with Crippen LogP contribution in [0.4, 0.5) is 10.5 Å². The Bertz CT molecular complexity index is 404. The third-order valence-corrected chi connectivity index (χ3v) is 3.66. The number of hydrogen-bond donors (Lipinski definition) is 3. The predicted molar refractivity (Wildman–Crippen MR) is 73.2 cm³/mol. The average molecular weight is 264 g/mol. The number of anilines is 1. The number of nitrogens with one attached hydrogen (secondary N) is 1. The van der Waals surface area contributed by atoms with Crippen molar-refractivity contribution >= 4 is 11.8 Å². The zero-order valence-electron chi connectivity index (χ0n) is 10.8. The minimum Gasteiger partial charge on any atom is -0.465 e. The Kier molecular flexibility index (Phi) is 4.57. The van der Waals surface area contributed by atoms with E-state index in [1.165, 1.54) is 5.69 Å². The van der Waals surface area contributed by atoms with E-state index < -0.39 is 6.09 Å². The molecule has 0 aliphatic carbocycles. The van der Waals surface area contributed by atoms with Gasteiger partial charge >= 0.3 is 6.09 Å². The molecule has 1 fully saturated rings. The molecule has 19 heavy (non-hydrogen) atoms. The fraction of sp³-hybridized carbons (Fsp3) is 0.538. The Morgan fingerprint density at radius 1 is 1.47 bits per heavy atom.